The van der Waals surface area contributed by atoms with E-state index in [1.165, 1.54) is 11.1 Å². The third-order valence-electron chi connectivity index (χ3n) is 5.64. The highest BCUT2D eigenvalue weighted by Crippen LogP contribution is 2.62. The zero-order chi connectivity index (χ0) is 19.7. The molecule has 0 amide bonds. The normalized spacial score (nSPS) is 16.3. The van der Waals surface area contributed by atoms with E-state index in [-0.39, 0.29) is 16.0 Å². The van der Waals surface area contributed by atoms with Gasteiger partial charge in [0.1, 0.15) is 7.14 Å². The van der Waals surface area contributed by atoms with Crippen molar-refractivity contribution in [2.24, 2.45) is 0 Å². The second-order valence-electron chi connectivity index (χ2n) is 10.7. The summed E-state index contributed by atoms with van der Waals surface area (Å²) in [6.45, 7) is 19.7. The summed E-state index contributed by atoms with van der Waals surface area (Å²) in [6, 6.07) is 13.2. The van der Waals surface area contributed by atoms with Crippen molar-refractivity contribution in [2.45, 2.75) is 78.3 Å². The number of benzene rings is 2. The van der Waals surface area contributed by atoms with Gasteiger partial charge < -0.3 is 4.57 Å². The smallest absolute Gasteiger partial charge is 0.149 e. The predicted molar refractivity (Wildman–Crippen MR) is 116 cm³/mol. The van der Waals surface area contributed by atoms with Crippen molar-refractivity contribution < 1.29 is 4.57 Å². The molecule has 0 spiro atoms. The molecule has 0 aromatic heterocycles. The van der Waals surface area contributed by atoms with Crippen LogP contribution in [-0.4, -0.2) is 5.16 Å². The number of rotatable bonds is 0. The van der Waals surface area contributed by atoms with Gasteiger partial charge in [0.2, 0.25) is 0 Å². The van der Waals surface area contributed by atoms with Crippen LogP contribution in [0.15, 0.2) is 36.4 Å². The van der Waals surface area contributed by atoms with Gasteiger partial charge in [-0.3, -0.25) is 0 Å². The maximum Gasteiger partial charge on any atom is 0.149 e. The van der Waals surface area contributed by atoms with Crippen molar-refractivity contribution >= 4 is 17.8 Å². The molecule has 1 nitrogen and oxygen atoms in total. The molecular weight excluding hydrogens is 335 g/mol. The number of hydrogen-bond acceptors (Lipinski definition) is 1. The average molecular weight is 369 g/mol. The summed E-state index contributed by atoms with van der Waals surface area (Å²) in [6.07, 6.45) is 0. The molecule has 1 aliphatic rings. The Balaban J connectivity index is 2.37. The molecule has 26 heavy (non-hydrogen) atoms. The molecule has 0 atom stereocenters. The maximum atomic E-state index is 14.6. The monoisotopic (exact) mass is 368 g/mol. The lowest BCUT2D eigenvalue weighted by Gasteiger charge is -2.31. The molecule has 2 aromatic carbocycles. The fourth-order valence-electron chi connectivity index (χ4n) is 3.83. The van der Waals surface area contributed by atoms with Crippen LogP contribution in [0.4, 0.5) is 0 Å². The zero-order valence-corrected chi connectivity index (χ0v) is 18.7. The Kier molecular flexibility index (Phi) is 4.17. The summed E-state index contributed by atoms with van der Waals surface area (Å²) in [5, 5.41) is 1.80. The van der Waals surface area contributed by atoms with Crippen molar-refractivity contribution in [1.82, 2.24) is 0 Å². The molecular formula is C24H33OP. The highest BCUT2D eigenvalue weighted by atomic mass is 31.2. The van der Waals surface area contributed by atoms with E-state index in [2.05, 4.69) is 98.7 Å². The maximum absolute atomic E-state index is 14.6. The minimum atomic E-state index is -2.73. The van der Waals surface area contributed by atoms with Crippen molar-refractivity contribution in [3.05, 3.63) is 47.5 Å². The molecule has 0 unspecified atom stereocenters. The van der Waals surface area contributed by atoms with Crippen molar-refractivity contribution in [3.63, 3.8) is 0 Å². The van der Waals surface area contributed by atoms with E-state index in [1.54, 1.807) is 0 Å². The van der Waals surface area contributed by atoms with Gasteiger partial charge >= 0.3 is 0 Å². The molecule has 0 bridgehead atoms. The summed E-state index contributed by atoms with van der Waals surface area (Å²) >= 11 is 0. The van der Waals surface area contributed by atoms with Crippen LogP contribution in [0, 0.1) is 0 Å². The third kappa shape index (κ3) is 2.80. The highest BCUT2D eigenvalue weighted by molar-refractivity contribution is 7.81. The van der Waals surface area contributed by atoms with Crippen LogP contribution in [-0.2, 0) is 15.4 Å². The third-order valence-corrected chi connectivity index (χ3v) is 9.63. The fourth-order valence-corrected chi connectivity index (χ4v) is 7.24. The van der Waals surface area contributed by atoms with Crippen LogP contribution < -0.4 is 10.6 Å². The van der Waals surface area contributed by atoms with E-state index in [0.717, 1.165) is 21.7 Å². The van der Waals surface area contributed by atoms with Gasteiger partial charge in [-0.25, -0.2) is 0 Å². The van der Waals surface area contributed by atoms with Crippen LogP contribution in [0.2, 0.25) is 0 Å². The molecule has 3 rings (SSSR count). The summed E-state index contributed by atoms with van der Waals surface area (Å²) in [7, 11) is -2.73. The van der Waals surface area contributed by atoms with Crippen LogP contribution in [0.5, 0.6) is 0 Å². The second-order valence-corrected chi connectivity index (χ2v) is 14.3. The summed E-state index contributed by atoms with van der Waals surface area (Å²) in [4.78, 5) is 0. The standard InChI is InChI=1S/C24H33OP/c1-22(2,3)16-10-12-18-19-13-11-17(23(4,5)6)15-21(19)26(25,20(18)14-16)24(7,8)9/h10-15H,1-9H3. The van der Waals surface area contributed by atoms with E-state index in [1.807, 2.05) is 0 Å². The lowest BCUT2D eigenvalue weighted by atomic mass is 9.85. The summed E-state index contributed by atoms with van der Waals surface area (Å²) in [5.41, 5.74) is 4.92. The summed E-state index contributed by atoms with van der Waals surface area (Å²) in [5.74, 6) is 0. The molecule has 0 saturated carbocycles. The zero-order valence-electron chi connectivity index (χ0n) is 17.8. The van der Waals surface area contributed by atoms with E-state index < -0.39 is 7.14 Å². The van der Waals surface area contributed by atoms with Gasteiger partial charge in [-0.1, -0.05) is 86.6 Å². The van der Waals surface area contributed by atoms with Crippen LogP contribution in [0.1, 0.15) is 73.4 Å². The molecule has 140 valence electrons. The van der Waals surface area contributed by atoms with Gasteiger partial charge in [-0.15, -0.1) is 0 Å². The lowest BCUT2D eigenvalue weighted by molar-refractivity contribution is 0.563. The SMILES string of the molecule is CC(C)(C)c1ccc2c(c1)P(=O)(C(C)(C)C)c1cc(C(C)(C)C)ccc1-2. The van der Waals surface area contributed by atoms with E-state index in [0.29, 0.717) is 0 Å². The van der Waals surface area contributed by atoms with Crippen LogP contribution in [0.3, 0.4) is 0 Å². The van der Waals surface area contributed by atoms with Crippen molar-refractivity contribution in [3.8, 4) is 11.1 Å². The summed E-state index contributed by atoms with van der Waals surface area (Å²) < 4.78 is 14.6. The van der Waals surface area contributed by atoms with E-state index >= 15 is 0 Å². The van der Waals surface area contributed by atoms with Gasteiger partial charge in [0.05, 0.1) is 0 Å². The number of fused-ring (bicyclic) bond motifs is 3. The average Bonchev–Trinajstić information content (AvgIpc) is 2.75. The van der Waals surface area contributed by atoms with Crippen molar-refractivity contribution in [1.29, 1.82) is 0 Å². The Hall–Kier alpha value is -1.33. The fraction of sp³-hybridized carbons (Fsp3) is 0.500. The Morgan fingerprint density at radius 3 is 1.23 bits per heavy atom. The largest absolute Gasteiger partial charge is 0.313 e. The predicted octanol–water partition coefficient (Wildman–Crippen LogP) is 6.37. The first kappa shape index (κ1) is 19.4. The molecule has 0 fully saturated rings. The molecule has 2 heteroatoms. The first-order valence-corrected chi connectivity index (χ1v) is 11.3. The molecule has 1 aliphatic heterocycles. The Morgan fingerprint density at radius 2 is 0.962 bits per heavy atom. The minimum Gasteiger partial charge on any atom is -0.313 e. The van der Waals surface area contributed by atoms with Crippen molar-refractivity contribution in [2.75, 3.05) is 0 Å². The Bertz CT molecular complexity index is 847. The first-order valence-electron chi connectivity index (χ1n) is 9.58. The van der Waals surface area contributed by atoms with Gasteiger partial charge in [0.25, 0.3) is 0 Å². The minimum absolute atomic E-state index is 0.0447. The first-order chi connectivity index (χ1) is 11.7. The molecule has 0 radical (unpaired) electrons. The van der Waals surface area contributed by atoms with Gasteiger partial charge in [0, 0.05) is 15.8 Å². The highest BCUT2D eigenvalue weighted by Gasteiger charge is 2.47. The van der Waals surface area contributed by atoms with Gasteiger partial charge in [-0.2, -0.15) is 0 Å². The number of hydrogen-bond donors (Lipinski definition) is 0. The molecule has 0 saturated heterocycles. The molecule has 1 heterocycles. The molecule has 2 aromatic rings. The Labute approximate surface area is 159 Å². The second kappa shape index (κ2) is 5.59. The quantitative estimate of drug-likeness (QED) is 0.494. The molecule has 0 aliphatic carbocycles. The molecule has 0 N–H and O–H groups in total. The van der Waals surface area contributed by atoms with Gasteiger partial charge in [0.15, 0.2) is 0 Å². The van der Waals surface area contributed by atoms with Crippen LogP contribution in [0.25, 0.3) is 11.1 Å². The van der Waals surface area contributed by atoms with E-state index in [9.17, 15) is 4.57 Å². The lowest BCUT2D eigenvalue weighted by Crippen LogP contribution is -2.28. The Morgan fingerprint density at radius 1 is 0.615 bits per heavy atom. The topological polar surface area (TPSA) is 17.1 Å². The van der Waals surface area contributed by atoms with E-state index in [4.69, 9.17) is 0 Å². The van der Waals surface area contributed by atoms with Gasteiger partial charge in [-0.05, 0) is 45.2 Å². The van der Waals surface area contributed by atoms with Crippen LogP contribution >= 0.6 is 7.14 Å².